The molecule has 1 aliphatic carbocycles. The molecule has 0 saturated heterocycles. The van der Waals surface area contributed by atoms with E-state index in [0.717, 1.165) is 34.8 Å². The first-order valence-electron chi connectivity index (χ1n) is 7.65. The number of aryl methyl sites for hydroxylation is 4. The molecule has 1 aromatic carbocycles. The molecule has 3 aromatic rings. The second-order valence-electron chi connectivity index (χ2n) is 6.00. The van der Waals surface area contributed by atoms with E-state index in [1.54, 1.807) is 11.3 Å². The molecule has 2 heterocycles. The number of fused-ring (bicyclic) bond motifs is 3. The molecular weight excluding hydrogens is 290 g/mol. The van der Waals surface area contributed by atoms with Gasteiger partial charge in [-0.05, 0) is 38.7 Å². The van der Waals surface area contributed by atoms with E-state index in [9.17, 15) is 5.26 Å². The first kappa shape index (κ1) is 13.5. The maximum Gasteiger partial charge on any atom is 0.194 e. The lowest BCUT2D eigenvalue weighted by atomic mass is 10.0. The van der Waals surface area contributed by atoms with Gasteiger partial charge in [0.2, 0.25) is 0 Å². The summed E-state index contributed by atoms with van der Waals surface area (Å²) < 4.78 is 2.25. The third kappa shape index (κ3) is 1.89. The molecule has 110 valence electrons. The van der Waals surface area contributed by atoms with Crippen molar-refractivity contribution in [3.8, 4) is 17.3 Å². The molecule has 0 spiro atoms. The number of rotatable bonds is 2. The number of hydrogen-bond acceptors (Lipinski definition) is 3. The highest BCUT2D eigenvalue weighted by atomic mass is 32.1. The van der Waals surface area contributed by atoms with Crippen LogP contribution >= 0.6 is 11.3 Å². The van der Waals surface area contributed by atoms with Crippen LogP contribution in [0.1, 0.15) is 33.8 Å². The maximum absolute atomic E-state index is 9.28. The molecule has 0 N–H and O–H groups in total. The number of benzene rings is 1. The Balaban J connectivity index is 2.00. The summed E-state index contributed by atoms with van der Waals surface area (Å²) in [6.45, 7) is 4.22. The summed E-state index contributed by atoms with van der Waals surface area (Å²) in [5.41, 5.74) is 7.06. The molecule has 1 aliphatic rings. The molecule has 0 amide bonds. The van der Waals surface area contributed by atoms with Crippen LogP contribution in [0.2, 0.25) is 0 Å². The number of nitriles is 1. The van der Waals surface area contributed by atoms with Gasteiger partial charge in [-0.1, -0.05) is 23.8 Å². The number of nitrogens with zero attached hydrogens (tertiary/aromatic N) is 3. The van der Waals surface area contributed by atoms with Gasteiger partial charge >= 0.3 is 0 Å². The van der Waals surface area contributed by atoms with E-state index in [4.69, 9.17) is 4.98 Å². The zero-order valence-corrected chi connectivity index (χ0v) is 13.6. The summed E-state index contributed by atoms with van der Waals surface area (Å²) in [4.78, 5) is 7.38. The fourth-order valence-electron chi connectivity index (χ4n) is 3.47. The van der Waals surface area contributed by atoms with Crippen molar-refractivity contribution in [3.63, 3.8) is 0 Å². The van der Waals surface area contributed by atoms with Gasteiger partial charge in [-0.3, -0.25) is 4.40 Å². The average Bonchev–Trinajstić information content (AvgIpc) is 3.11. The fourth-order valence-corrected chi connectivity index (χ4v) is 4.69. The molecule has 3 nitrogen and oxygen atoms in total. The molecule has 0 aliphatic heterocycles. The quantitative estimate of drug-likeness (QED) is 0.710. The second-order valence-corrected chi connectivity index (χ2v) is 7.07. The van der Waals surface area contributed by atoms with Crippen LogP contribution in [0.25, 0.3) is 16.2 Å². The summed E-state index contributed by atoms with van der Waals surface area (Å²) in [6, 6.07) is 8.77. The fraction of sp³-hybridized carbons (Fsp3) is 0.333. The minimum atomic E-state index is 0.410. The molecule has 0 unspecified atom stereocenters. The van der Waals surface area contributed by atoms with E-state index in [2.05, 4.69) is 42.5 Å². The molecular formula is C18H17N3S. The molecule has 2 aromatic heterocycles. The van der Waals surface area contributed by atoms with Crippen molar-refractivity contribution in [1.82, 2.24) is 9.38 Å². The van der Waals surface area contributed by atoms with Crippen LogP contribution in [-0.2, 0) is 19.3 Å². The van der Waals surface area contributed by atoms with Gasteiger partial charge in [0.1, 0.15) is 0 Å². The van der Waals surface area contributed by atoms with Gasteiger partial charge in [0, 0.05) is 16.1 Å². The SMILES string of the molecule is Cc1ccc(-c2nc3sc4c(n3c2CC#N)CCC4)c(C)c1. The molecule has 0 radical (unpaired) electrons. The van der Waals surface area contributed by atoms with Crippen LogP contribution in [0.15, 0.2) is 18.2 Å². The standard InChI is InChI=1S/C18H17N3S/c1-11-6-7-13(12(2)10-11)17-15(8-9-19)21-14-4-3-5-16(14)22-18(21)20-17/h6-7,10H,3-5,8H2,1-2H3. The Hall–Kier alpha value is -2.12. The Morgan fingerprint density at radius 2 is 2.18 bits per heavy atom. The van der Waals surface area contributed by atoms with Crippen molar-refractivity contribution in [2.75, 3.05) is 0 Å². The smallest absolute Gasteiger partial charge is 0.194 e. The van der Waals surface area contributed by atoms with Gasteiger partial charge in [0.15, 0.2) is 4.96 Å². The number of thiazole rings is 1. The monoisotopic (exact) mass is 307 g/mol. The number of aromatic nitrogens is 2. The summed E-state index contributed by atoms with van der Waals surface area (Å²) in [5, 5.41) is 9.28. The summed E-state index contributed by atoms with van der Waals surface area (Å²) in [7, 11) is 0. The van der Waals surface area contributed by atoms with Crippen LogP contribution in [0.5, 0.6) is 0 Å². The zero-order chi connectivity index (χ0) is 15.3. The predicted molar refractivity (Wildman–Crippen MR) is 89.3 cm³/mol. The summed E-state index contributed by atoms with van der Waals surface area (Å²) in [6.07, 6.45) is 3.90. The van der Waals surface area contributed by atoms with Gasteiger partial charge in [0.05, 0.1) is 23.9 Å². The lowest BCUT2D eigenvalue weighted by Crippen LogP contribution is -1.97. The van der Waals surface area contributed by atoms with Crippen molar-refractivity contribution >= 4 is 16.3 Å². The van der Waals surface area contributed by atoms with Crippen molar-refractivity contribution in [2.45, 2.75) is 39.5 Å². The van der Waals surface area contributed by atoms with Crippen LogP contribution in [-0.4, -0.2) is 9.38 Å². The van der Waals surface area contributed by atoms with E-state index in [1.807, 2.05) is 0 Å². The second kappa shape index (κ2) is 4.96. The molecule has 0 fully saturated rings. The van der Waals surface area contributed by atoms with Crippen molar-refractivity contribution in [3.05, 3.63) is 45.6 Å². The van der Waals surface area contributed by atoms with Gasteiger partial charge < -0.3 is 0 Å². The highest BCUT2D eigenvalue weighted by Crippen LogP contribution is 2.36. The number of imidazole rings is 1. The van der Waals surface area contributed by atoms with Crippen LogP contribution in [0.4, 0.5) is 0 Å². The Labute approximate surface area is 133 Å². The van der Waals surface area contributed by atoms with E-state index < -0.39 is 0 Å². The van der Waals surface area contributed by atoms with Crippen LogP contribution in [0.3, 0.4) is 0 Å². The van der Waals surface area contributed by atoms with E-state index >= 15 is 0 Å². The highest BCUT2D eigenvalue weighted by molar-refractivity contribution is 7.17. The Bertz CT molecular complexity index is 924. The topological polar surface area (TPSA) is 41.1 Å². The maximum atomic E-state index is 9.28. The normalized spacial score (nSPS) is 13.5. The lowest BCUT2D eigenvalue weighted by molar-refractivity contribution is 0.877. The van der Waals surface area contributed by atoms with Crippen molar-refractivity contribution in [1.29, 1.82) is 5.26 Å². The number of hydrogen-bond donors (Lipinski definition) is 0. The molecule has 0 saturated carbocycles. The third-order valence-corrected chi connectivity index (χ3v) is 5.59. The molecule has 0 bridgehead atoms. The third-order valence-electron chi connectivity index (χ3n) is 4.45. The lowest BCUT2D eigenvalue weighted by Gasteiger charge is -2.07. The van der Waals surface area contributed by atoms with Gasteiger partial charge in [-0.15, -0.1) is 11.3 Å². The minimum absolute atomic E-state index is 0.410. The Morgan fingerprint density at radius 3 is 2.95 bits per heavy atom. The van der Waals surface area contributed by atoms with Gasteiger partial charge in [0.25, 0.3) is 0 Å². The summed E-state index contributed by atoms with van der Waals surface area (Å²) >= 11 is 1.79. The predicted octanol–water partition coefficient (Wildman–Crippen LogP) is 4.23. The average molecular weight is 307 g/mol. The largest absolute Gasteiger partial charge is 0.290 e. The summed E-state index contributed by atoms with van der Waals surface area (Å²) in [5.74, 6) is 0. The first-order chi connectivity index (χ1) is 10.7. The molecule has 4 heteroatoms. The Kier molecular flexibility index (Phi) is 3.05. The van der Waals surface area contributed by atoms with E-state index in [-0.39, 0.29) is 0 Å². The minimum Gasteiger partial charge on any atom is -0.290 e. The van der Waals surface area contributed by atoms with Crippen molar-refractivity contribution < 1.29 is 0 Å². The zero-order valence-electron chi connectivity index (χ0n) is 12.8. The van der Waals surface area contributed by atoms with Crippen molar-refractivity contribution in [2.24, 2.45) is 0 Å². The Morgan fingerprint density at radius 1 is 1.32 bits per heavy atom. The molecule has 4 rings (SSSR count). The van der Waals surface area contributed by atoms with E-state index in [0.29, 0.717) is 6.42 Å². The van der Waals surface area contributed by atoms with Gasteiger partial charge in [-0.25, -0.2) is 4.98 Å². The highest BCUT2D eigenvalue weighted by Gasteiger charge is 2.24. The first-order valence-corrected chi connectivity index (χ1v) is 8.47. The molecule has 0 atom stereocenters. The molecule has 22 heavy (non-hydrogen) atoms. The van der Waals surface area contributed by atoms with Crippen LogP contribution in [0, 0.1) is 25.2 Å². The van der Waals surface area contributed by atoms with Gasteiger partial charge in [-0.2, -0.15) is 5.26 Å². The van der Waals surface area contributed by atoms with Crippen LogP contribution < -0.4 is 0 Å². The van der Waals surface area contributed by atoms with E-state index in [1.165, 1.54) is 28.1 Å².